The third-order valence-electron chi connectivity index (χ3n) is 1.86. The summed E-state index contributed by atoms with van der Waals surface area (Å²) in [4.78, 5) is 14.1. The Labute approximate surface area is 84.3 Å². The number of pyridine rings is 1. The van der Waals surface area contributed by atoms with Gasteiger partial charge in [-0.15, -0.1) is 0 Å². The van der Waals surface area contributed by atoms with E-state index in [0.717, 1.165) is 0 Å². The largest absolute Gasteiger partial charge is 0.295 e. The average Bonchev–Trinajstić information content (AvgIpc) is 2.16. The lowest BCUT2D eigenvalue weighted by Gasteiger charge is -1.98. The molecule has 0 radical (unpaired) electrons. The fourth-order valence-corrected chi connectivity index (χ4v) is 1.40. The fraction of sp³-hybridized carbons (Fsp3) is 0. The van der Waals surface area contributed by atoms with Gasteiger partial charge in [0.1, 0.15) is 10.7 Å². The molecule has 0 aliphatic rings. The van der Waals surface area contributed by atoms with Crippen LogP contribution in [0.25, 0.3) is 10.9 Å². The van der Waals surface area contributed by atoms with Gasteiger partial charge < -0.3 is 0 Å². The quantitative estimate of drug-likeness (QED) is 0.411. The van der Waals surface area contributed by atoms with Crippen molar-refractivity contribution in [2.75, 3.05) is 0 Å². The minimum atomic E-state index is -0.467. The molecule has 0 amide bonds. The predicted octanol–water partition coefficient (Wildman–Crippen LogP) is 2.80. The Hall–Kier alpha value is -1.68. The van der Waals surface area contributed by atoms with Crippen molar-refractivity contribution in [1.29, 1.82) is 0 Å². The molecule has 70 valence electrons. The van der Waals surface area contributed by atoms with Crippen molar-refractivity contribution in [1.82, 2.24) is 4.98 Å². The standard InChI is InChI=1S/C9H5ClN2O2/c10-8-5-4-6-2-1-3-7(12(13)14)9(6)11-8/h1-5H. The van der Waals surface area contributed by atoms with Crippen molar-refractivity contribution < 1.29 is 4.92 Å². The summed E-state index contributed by atoms with van der Waals surface area (Å²) in [7, 11) is 0. The number of hydrogen-bond acceptors (Lipinski definition) is 3. The van der Waals surface area contributed by atoms with E-state index in [-0.39, 0.29) is 10.8 Å². The molecule has 1 heterocycles. The summed E-state index contributed by atoms with van der Waals surface area (Å²) >= 11 is 5.66. The first-order valence-electron chi connectivity index (χ1n) is 3.88. The molecule has 4 nitrogen and oxygen atoms in total. The van der Waals surface area contributed by atoms with Crippen LogP contribution < -0.4 is 0 Å². The summed E-state index contributed by atoms with van der Waals surface area (Å²) in [5.41, 5.74) is 0.301. The van der Waals surface area contributed by atoms with Gasteiger partial charge >= 0.3 is 0 Å². The zero-order chi connectivity index (χ0) is 10.1. The number of aromatic nitrogens is 1. The van der Waals surface area contributed by atoms with Crippen LogP contribution in [0.5, 0.6) is 0 Å². The molecule has 0 N–H and O–H groups in total. The monoisotopic (exact) mass is 208 g/mol. The molecular formula is C9H5ClN2O2. The zero-order valence-corrected chi connectivity index (χ0v) is 7.73. The van der Waals surface area contributed by atoms with Crippen LogP contribution in [0, 0.1) is 10.1 Å². The lowest BCUT2D eigenvalue weighted by atomic mass is 10.2. The molecule has 14 heavy (non-hydrogen) atoms. The van der Waals surface area contributed by atoms with Gasteiger partial charge in [-0.25, -0.2) is 4.98 Å². The highest BCUT2D eigenvalue weighted by Gasteiger charge is 2.12. The highest BCUT2D eigenvalue weighted by atomic mass is 35.5. The van der Waals surface area contributed by atoms with Gasteiger partial charge in [-0.05, 0) is 12.1 Å². The molecule has 1 aromatic heterocycles. The van der Waals surface area contributed by atoms with Gasteiger partial charge in [0.05, 0.1) is 4.92 Å². The average molecular weight is 209 g/mol. The smallest absolute Gasteiger partial charge is 0.258 e. The molecule has 0 bridgehead atoms. The Morgan fingerprint density at radius 1 is 1.29 bits per heavy atom. The summed E-state index contributed by atoms with van der Waals surface area (Å²) in [5.74, 6) is 0. The topological polar surface area (TPSA) is 56.0 Å². The number of halogens is 1. The van der Waals surface area contributed by atoms with Crippen LogP contribution in [-0.2, 0) is 0 Å². The summed E-state index contributed by atoms with van der Waals surface area (Å²) in [6.07, 6.45) is 0. The molecule has 0 saturated heterocycles. The minimum absolute atomic E-state index is 0.0231. The molecule has 2 aromatic rings. The van der Waals surface area contributed by atoms with Crippen molar-refractivity contribution in [2.45, 2.75) is 0 Å². The maximum atomic E-state index is 10.6. The van der Waals surface area contributed by atoms with Gasteiger partial charge in [-0.2, -0.15) is 0 Å². The number of fused-ring (bicyclic) bond motifs is 1. The molecule has 0 spiro atoms. The number of nitrogens with zero attached hydrogens (tertiary/aromatic N) is 2. The highest BCUT2D eigenvalue weighted by Crippen LogP contribution is 2.24. The molecule has 2 rings (SSSR count). The number of nitro benzene ring substituents is 1. The SMILES string of the molecule is O=[N+]([O-])c1cccc2ccc(Cl)nc12. The normalized spacial score (nSPS) is 10.4. The van der Waals surface area contributed by atoms with E-state index in [4.69, 9.17) is 11.6 Å². The first-order valence-corrected chi connectivity index (χ1v) is 4.26. The Kier molecular flexibility index (Phi) is 2.05. The summed E-state index contributed by atoms with van der Waals surface area (Å²) in [5, 5.41) is 11.6. The van der Waals surface area contributed by atoms with E-state index in [2.05, 4.69) is 4.98 Å². The third kappa shape index (κ3) is 1.40. The first-order chi connectivity index (χ1) is 6.68. The Morgan fingerprint density at radius 2 is 2.07 bits per heavy atom. The number of benzene rings is 1. The van der Waals surface area contributed by atoms with E-state index >= 15 is 0 Å². The van der Waals surface area contributed by atoms with Crippen molar-refractivity contribution in [3.63, 3.8) is 0 Å². The predicted molar refractivity (Wildman–Crippen MR) is 53.4 cm³/mol. The number of rotatable bonds is 1. The second kappa shape index (κ2) is 3.23. The molecule has 5 heteroatoms. The molecule has 1 aromatic carbocycles. The number of nitro groups is 1. The van der Waals surface area contributed by atoms with Gasteiger partial charge in [0.15, 0.2) is 0 Å². The highest BCUT2D eigenvalue weighted by molar-refractivity contribution is 6.29. The van der Waals surface area contributed by atoms with Crippen molar-refractivity contribution in [3.8, 4) is 0 Å². The van der Waals surface area contributed by atoms with E-state index in [1.165, 1.54) is 6.07 Å². The first kappa shape index (κ1) is 8.90. The zero-order valence-electron chi connectivity index (χ0n) is 6.98. The van der Waals surface area contributed by atoms with Crippen LogP contribution >= 0.6 is 11.6 Å². The van der Waals surface area contributed by atoms with Gasteiger partial charge in [-0.1, -0.05) is 23.7 Å². The minimum Gasteiger partial charge on any atom is -0.258 e. The summed E-state index contributed by atoms with van der Waals surface area (Å²) in [6.45, 7) is 0. The van der Waals surface area contributed by atoms with Crippen LogP contribution in [0.3, 0.4) is 0 Å². The van der Waals surface area contributed by atoms with Crippen LogP contribution in [0.15, 0.2) is 30.3 Å². The van der Waals surface area contributed by atoms with Gasteiger partial charge in [0.2, 0.25) is 0 Å². The van der Waals surface area contributed by atoms with E-state index in [1.807, 2.05) is 0 Å². The maximum Gasteiger partial charge on any atom is 0.295 e. The van der Waals surface area contributed by atoms with Crippen molar-refractivity contribution in [2.24, 2.45) is 0 Å². The van der Waals surface area contributed by atoms with Crippen LogP contribution in [0.2, 0.25) is 5.15 Å². The van der Waals surface area contributed by atoms with Crippen LogP contribution in [0.1, 0.15) is 0 Å². The molecule has 0 unspecified atom stereocenters. The molecule has 0 aliphatic heterocycles. The summed E-state index contributed by atoms with van der Waals surface area (Å²) in [6, 6.07) is 8.10. The van der Waals surface area contributed by atoms with E-state index < -0.39 is 4.92 Å². The van der Waals surface area contributed by atoms with Crippen LogP contribution in [-0.4, -0.2) is 9.91 Å². The molecular weight excluding hydrogens is 204 g/mol. The van der Waals surface area contributed by atoms with Gasteiger partial charge in [0.25, 0.3) is 5.69 Å². The lowest BCUT2D eigenvalue weighted by Crippen LogP contribution is -1.91. The van der Waals surface area contributed by atoms with Crippen molar-refractivity contribution in [3.05, 3.63) is 45.6 Å². The second-order valence-corrected chi connectivity index (χ2v) is 3.13. The van der Waals surface area contributed by atoms with Crippen molar-refractivity contribution >= 4 is 28.2 Å². The number of non-ortho nitro benzene ring substituents is 1. The second-order valence-electron chi connectivity index (χ2n) is 2.74. The number of para-hydroxylation sites is 1. The molecule has 0 atom stereocenters. The molecule has 0 aliphatic carbocycles. The third-order valence-corrected chi connectivity index (χ3v) is 2.07. The maximum absolute atomic E-state index is 10.6. The van der Waals surface area contributed by atoms with E-state index in [0.29, 0.717) is 10.9 Å². The number of hydrogen-bond donors (Lipinski definition) is 0. The van der Waals surface area contributed by atoms with E-state index in [1.54, 1.807) is 24.3 Å². The summed E-state index contributed by atoms with van der Waals surface area (Å²) < 4.78 is 0. The Morgan fingerprint density at radius 3 is 2.79 bits per heavy atom. The Bertz CT molecular complexity index is 513. The van der Waals surface area contributed by atoms with E-state index in [9.17, 15) is 10.1 Å². The molecule has 0 saturated carbocycles. The Balaban J connectivity index is 2.84. The van der Waals surface area contributed by atoms with Gasteiger partial charge in [0, 0.05) is 11.5 Å². The lowest BCUT2D eigenvalue weighted by molar-refractivity contribution is -0.383. The fourth-order valence-electron chi connectivity index (χ4n) is 1.25. The van der Waals surface area contributed by atoms with Gasteiger partial charge in [-0.3, -0.25) is 10.1 Å². The van der Waals surface area contributed by atoms with Crippen LogP contribution in [0.4, 0.5) is 5.69 Å². The molecule has 0 fully saturated rings.